The molecule has 0 spiro atoms. The summed E-state index contributed by atoms with van der Waals surface area (Å²) >= 11 is 0. The van der Waals surface area contributed by atoms with Gasteiger partial charge in [-0.15, -0.1) is 0 Å². The molecule has 0 rings (SSSR count). The number of hydrogen-bond acceptors (Lipinski definition) is 5. The van der Waals surface area contributed by atoms with Gasteiger partial charge < -0.3 is 20.9 Å². The van der Waals surface area contributed by atoms with E-state index < -0.39 is 12.0 Å². The van der Waals surface area contributed by atoms with Crippen LogP contribution in [-0.2, 0) is 19.1 Å². The van der Waals surface area contributed by atoms with Gasteiger partial charge in [0.15, 0.2) is 0 Å². The molecule has 0 saturated heterocycles. The maximum atomic E-state index is 12.7. The number of nitrogens with two attached hydrogens (primary N) is 1. The number of aliphatic carboxylic acids is 1. The van der Waals surface area contributed by atoms with Crippen LogP contribution < -0.4 is 11.1 Å². The summed E-state index contributed by atoms with van der Waals surface area (Å²) in [6.07, 6.45) is 43.1. The second-order valence-electron chi connectivity index (χ2n) is 13.3. The van der Waals surface area contributed by atoms with Crippen molar-refractivity contribution in [3.8, 4) is 0 Å². The molecule has 0 bridgehead atoms. The van der Waals surface area contributed by atoms with Crippen LogP contribution in [0.15, 0.2) is 48.6 Å². The van der Waals surface area contributed by atoms with Gasteiger partial charge in [-0.1, -0.05) is 121 Å². The highest BCUT2D eigenvalue weighted by atomic mass is 16.5. The lowest BCUT2D eigenvalue weighted by Gasteiger charge is -2.15. The van der Waals surface area contributed by atoms with Crippen molar-refractivity contribution in [2.75, 3.05) is 6.54 Å². The number of carbonyl (C=O) groups is 3. The highest BCUT2D eigenvalue weighted by molar-refractivity contribution is 5.83. The van der Waals surface area contributed by atoms with Crippen LogP contribution in [0.4, 0.5) is 0 Å². The Morgan fingerprint density at radius 2 is 1.12 bits per heavy atom. The fourth-order valence-electron chi connectivity index (χ4n) is 5.55. The Bertz CT molecular complexity index is 911. The largest absolute Gasteiger partial charge is 0.480 e. The van der Waals surface area contributed by atoms with E-state index in [9.17, 15) is 19.5 Å². The molecule has 0 aromatic rings. The molecule has 0 aliphatic carbocycles. The molecule has 0 aliphatic rings. The molecule has 0 fully saturated rings. The van der Waals surface area contributed by atoms with Crippen molar-refractivity contribution in [1.82, 2.24) is 5.32 Å². The van der Waals surface area contributed by atoms with E-state index in [0.29, 0.717) is 38.6 Å². The van der Waals surface area contributed by atoms with Crippen LogP contribution in [0, 0.1) is 0 Å². The van der Waals surface area contributed by atoms with Crippen molar-refractivity contribution in [2.45, 2.75) is 193 Å². The summed E-state index contributed by atoms with van der Waals surface area (Å²) in [5.41, 5.74) is 5.47. The van der Waals surface area contributed by atoms with Crippen LogP contribution >= 0.6 is 0 Å². The van der Waals surface area contributed by atoms with E-state index >= 15 is 0 Å². The van der Waals surface area contributed by atoms with Crippen LogP contribution in [0.1, 0.15) is 181 Å². The molecular weight excluding hydrogens is 612 g/mol. The van der Waals surface area contributed by atoms with Gasteiger partial charge in [0.05, 0.1) is 0 Å². The van der Waals surface area contributed by atoms with Crippen LogP contribution in [0.2, 0.25) is 0 Å². The average Bonchev–Trinajstić information content (AvgIpc) is 3.08. The first-order chi connectivity index (χ1) is 23.9. The van der Waals surface area contributed by atoms with Gasteiger partial charge in [-0.25, -0.2) is 4.79 Å². The summed E-state index contributed by atoms with van der Waals surface area (Å²) in [4.78, 5) is 36.2. The van der Waals surface area contributed by atoms with Crippen molar-refractivity contribution in [3.63, 3.8) is 0 Å². The van der Waals surface area contributed by atoms with Gasteiger partial charge in [-0.3, -0.25) is 9.59 Å². The molecule has 282 valence electrons. The predicted octanol–water partition coefficient (Wildman–Crippen LogP) is 10.8. The van der Waals surface area contributed by atoms with Gasteiger partial charge >= 0.3 is 11.9 Å². The van der Waals surface area contributed by atoms with E-state index in [4.69, 9.17) is 10.5 Å². The molecule has 7 heteroatoms. The van der Waals surface area contributed by atoms with E-state index in [2.05, 4.69) is 61.7 Å². The molecule has 1 amide bonds. The molecule has 0 heterocycles. The minimum Gasteiger partial charge on any atom is -0.480 e. The molecule has 0 radical (unpaired) electrons. The van der Waals surface area contributed by atoms with Crippen LogP contribution in [0.25, 0.3) is 0 Å². The van der Waals surface area contributed by atoms with Crippen LogP contribution in [-0.4, -0.2) is 41.6 Å². The number of esters is 1. The molecular formula is C42H74N2O5. The van der Waals surface area contributed by atoms with Gasteiger partial charge in [0.1, 0.15) is 12.1 Å². The van der Waals surface area contributed by atoms with E-state index in [-0.39, 0.29) is 18.0 Å². The molecule has 0 aromatic carbocycles. The Hall–Kier alpha value is -2.67. The van der Waals surface area contributed by atoms with E-state index in [0.717, 1.165) is 70.6 Å². The Kier molecular flexibility index (Phi) is 34.6. The number of allylic oxidation sites excluding steroid dienone is 7. The van der Waals surface area contributed by atoms with E-state index in [1.54, 1.807) is 0 Å². The molecule has 49 heavy (non-hydrogen) atoms. The van der Waals surface area contributed by atoms with Gasteiger partial charge in [0.25, 0.3) is 0 Å². The number of nitrogens with one attached hydrogen (secondary N) is 1. The molecule has 4 N–H and O–H groups in total. The van der Waals surface area contributed by atoms with Gasteiger partial charge in [0.2, 0.25) is 5.91 Å². The molecule has 0 saturated carbocycles. The number of carboxylic acid groups (broad SMARTS) is 1. The lowest BCUT2D eigenvalue weighted by Crippen LogP contribution is -2.40. The Morgan fingerprint density at radius 3 is 1.73 bits per heavy atom. The number of amides is 1. The monoisotopic (exact) mass is 687 g/mol. The van der Waals surface area contributed by atoms with Crippen molar-refractivity contribution in [1.29, 1.82) is 0 Å². The predicted molar refractivity (Wildman–Crippen MR) is 206 cm³/mol. The van der Waals surface area contributed by atoms with E-state index in [1.807, 2.05) is 6.08 Å². The van der Waals surface area contributed by atoms with Gasteiger partial charge in [0, 0.05) is 12.8 Å². The number of carboxylic acids is 1. The number of carbonyl (C=O) groups excluding carboxylic acids is 2. The average molecular weight is 687 g/mol. The topological polar surface area (TPSA) is 119 Å². The van der Waals surface area contributed by atoms with Crippen LogP contribution in [0.3, 0.4) is 0 Å². The zero-order valence-corrected chi connectivity index (χ0v) is 31.5. The van der Waals surface area contributed by atoms with Crippen molar-refractivity contribution >= 4 is 17.8 Å². The van der Waals surface area contributed by atoms with Gasteiger partial charge in [-0.2, -0.15) is 0 Å². The highest BCUT2D eigenvalue weighted by Gasteiger charge is 2.19. The fraction of sp³-hybridized carbons (Fsp3) is 0.738. The summed E-state index contributed by atoms with van der Waals surface area (Å²) in [6.45, 7) is 4.86. The second-order valence-corrected chi connectivity index (χ2v) is 13.3. The zero-order valence-electron chi connectivity index (χ0n) is 31.5. The number of rotatable bonds is 35. The lowest BCUT2D eigenvalue weighted by molar-refractivity contribution is -0.147. The second kappa shape index (κ2) is 36.6. The Balaban J connectivity index is 4.35. The first-order valence-electron chi connectivity index (χ1n) is 20.0. The summed E-state index contributed by atoms with van der Waals surface area (Å²) in [5.74, 6) is -1.37. The smallest absolute Gasteiger partial charge is 0.326 e. The first kappa shape index (κ1) is 46.3. The Labute approximate surface area is 300 Å². The summed E-state index contributed by atoms with van der Waals surface area (Å²) < 4.78 is 5.88. The SMILES string of the molecule is CCCCC/C=C\C/C=C\C(CCCCCCC(=O)NC(CCCN)C(=O)O)OC(=O)CCCCCCC/C=C\C/C=C\CCCCCC. The van der Waals surface area contributed by atoms with Crippen molar-refractivity contribution < 1.29 is 24.2 Å². The zero-order chi connectivity index (χ0) is 36.0. The number of unbranched alkanes of at least 4 members (excludes halogenated alkanes) is 15. The quantitative estimate of drug-likeness (QED) is 0.0347. The van der Waals surface area contributed by atoms with Gasteiger partial charge in [-0.05, 0) is 103 Å². The first-order valence-corrected chi connectivity index (χ1v) is 20.0. The fourth-order valence-corrected chi connectivity index (χ4v) is 5.55. The molecule has 0 aliphatic heterocycles. The maximum absolute atomic E-state index is 12.7. The molecule has 2 unspecified atom stereocenters. The third-order valence-electron chi connectivity index (χ3n) is 8.60. The molecule has 0 aromatic heterocycles. The molecule has 7 nitrogen and oxygen atoms in total. The van der Waals surface area contributed by atoms with Crippen molar-refractivity contribution in [3.05, 3.63) is 48.6 Å². The van der Waals surface area contributed by atoms with Crippen LogP contribution in [0.5, 0.6) is 0 Å². The maximum Gasteiger partial charge on any atom is 0.326 e. The standard InChI is InChI=1S/C42H74N2O5/c1-3-5-7-9-11-13-14-15-16-17-18-19-20-22-24-30-36-41(46)49-38(32-27-23-21-12-10-8-6-4-2)33-28-25-26-29-35-40(45)44-39(42(47)48)34-31-37-43/h12-14,16-17,21,27,32,38-39H,3-11,15,18-20,22-26,28-31,33-37,43H2,1-2H3,(H,44,45)(H,47,48)/b14-13-,17-16-,21-12-,32-27-. The molecule has 2 atom stereocenters. The third kappa shape index (κ3) is 33.6. The normalized spacial score (nSPS) is 13.2. The van der Waals surface area contributed by atoms with Crippen molar-refractivity contribution in [2.24, 2.45) is 5.73 Å². The highest BCUT2D eigenvalue weighted by Crippen LogP contribution is 2.15. The third-order valence-corrected chi connectivity index (χ3v) is 8.60. The number of hydrogen-bond donors (Lipinski definition) is 3. The lowest BCUT2D eigenvalue weighted by atomic mass is 10.1. The summed E-state index contributed by atoms with van der Waals surface area (Å²) in [5, 5.41) is 11.9. The Morgan fingerprint density at radius 1 is 0.612 bits per heavy atom. The summed E-state index contributed by atoms with van der Waals surface area (Å²) in [7, 11) is 0. The minimum absolute atomic E-state index is 0.120. The van der Waals surface area contributed by atoms with E-state index in [1.165, 1.54) is 64.2 Å². The number of ether oxygens (including phenoxy) is 1. The minimum atomic E-state index is -1.02. The summed E-state index contributed by atoms with van der Waals surface area (Å²) in [6, 6.07) is -0.876.